The molecule has 0 saturated carbocycles. The van der Waals surface area contributed by atoms with Crippen molar-refractivity contribution in [2.24, 2.45) is 5.92 Å². The molecule has 3 aromatic carbocycles. The lowest BCUT2D eigenvalue weighted by Gasteiger charge is -2.24. The zero-order valence-electron chi connectivity index (χ0n) is 23.7. The van der Waals surface area contributed by atoms with Crippen molar-refractivity contribution in [3.8, 4) is 34.2 Å². The van der Waals surface area contributed by atoms with Crippen LogP contribution in [0.2, 0.25) is 0 Å². The van der Waals surface area contributed by atoms with Crippen molar-refractivity contribution in [1.29, 1.82) is 0 Å². The Morgan fingerprint density at radius 1 is 0.632 bits per heavy atom. The Bertz CT molecular complexity index is 1390. The number of ether oxygens (including phenoxy) is 1. The molecular formula is C34H39N3O. The summed E-state index contributed by atoms with van der Waals surface area (Å²) in [6.45, 7) is 15.3. The average molecular weight is 506 g/mol. The Balaban J connectivity index is 1.65. The maximum Gasteiger partial charge on any atom is 0.164 e. The van der Waals surface area contributed by atoms with Crippen LogP contribution in [0, 0.1) is 33.6 Å². The molecule has 1 aromatic heterocycles. The van der Waals surface area contributed by atoms with Crippen LogP contribution in [0.3, 0.4) is 0 Å². The molecule has 1 saturated heterocycles. The third-order valence-corrected chi connectivity index (χ3v) is 7.96. The molecule has 1 aliphatic heterocycles. The summed E-state index contributed by atoms with van der Waals surface area (Å²) < 4.78 is 6.52. The predicted molar refractivity (Wildman–Crippen MR) is 156 cm³/mol. The van der Waals surface area contributed by atoms with E-state index < -0.39 is 0 Å². The maximum absolute atomic E-state index is 6.52. The molecule has 5 rings (SSSR count). The molecule has 4 heteroatoms. The van der Waals surface area contributed by atoms with Crippen molar-refractivity contribution >= 4 is 0 Å². The highest BCUT2D eigenvalue weighted by molar-refractivity contribution is 5.71. The molecule has 38 heavy (non-hydrogen) atoms. The molecule has 1 fully saturated rings. The van der Waals surface area contributed by atoms with Gasteiger partial charge in [0.2, 0.25) is 0 Å². The molecule has 3 atom stereocenters. The van der Waals surface area contributed by atoms with Gasteiger partial charge in [-0.25, -0.2) is 15.0 Å². The van der Waals surface area contributed by atoms with Crippen molar-refractivity contribution in [1.82, 2.24) is 15.0 Å². The van der Waals surface area contributed by atoms with Crippen molar-refractivity contribution in [2.75, 3.05) is 0 Å². The first-order valence-electron chi connectivity index (χ1n) is 13.9. The first-order chi connectivity index (χ1) is 18.2. The molecule has 0 spiro atoms. The summed E-state index contributed by atoms with van der Waals surface area (Å²) in [6, 6.07) is 21.4. The lowest BCUT2D eigenvalue weighted by atomic mass is 9.89. The molecule has 4 aromatic rings. The number of aromatic nitrogens is 3. The van der Waals surface area contributed by atoms with Crippen LogP contribution in [0.4, 0.5) is 0 Å². The van der Waals surface area contributed by atoms with Crippen molar-refractivity contribution in [3.05, 3.63) is 88.5 Å². The fraction of sp³-hybridized carbons (Fsp3) is 0.382. The van der Waals surface area contributed by atoms with E-state index in [2.05, 4.69) is 109 Å². The van der Waals surface area contributed by atoms with Gasteiger partial charge in [-0.3, -0.25) is 0 Å². The summed E-state index contributed by atoms with van der Waals surface area (Å²) in [6.07, 6.45) is 2.73. The maximum atomic E-state index is 6.52. The minimum absolute atomic E-state index is 0.197. The molecule has 3 unspecified atom stereocenters. The number of rotatable bonds is 6. The van der Waals surface area contributed by atoms with Gasteiger partial charge in [-0.05, 0) is 63.1 Å². The predicted octanol–water partition coefficient (Wildman–Crippen LogP) is 8.41. The van der Waals surface area contributed by atoms with E-state index in [4.69, 9.17) is 19.7 Å². The summed E-state index contributed by atoms with van der Waals surface area (Å²) >= 11 is 0. The molecular weight excluding hydrogens is 466 g/mol. The molecule has 0 N–H and O–H groups in total. The topological polar surface area (TPSA) is 47.9 Å². The van der Waals surface area contributed by atoms with E-state index in [1.807, 2.05) is 0 Å². The molecule has 0 amide bonds. The molecule has 1 aliphatic rings. The van der Waals surface area contributed by atoms with Gasteiger partial charge in [0.05, 0.1) is 12.2 Å². The van der Waals surface area contributed by atoms with Crippen LogP contribution < -0.4 is 0 Å². The second-order valence-corrected chi connectivity index (χ2v) is 11.4. The Morgan fingerprint density at radius 3 is 1.63 bits per heavy atom. The molecule has 0 aliphatic carbocycles. The lowest BCUT2D eigenvalue weighted by Crippen LogP contribution is -2.21. The number of aryl methyl sites for hydroxylation is 4. The monoisotopic (exact) mass is 505 g/mol. The van der Waals surface area contributed by atoms with Crippen LogP contribution in [0.1, 0.15) is 67.3 Å². The molecule has 196 valence electrons. The van der Waals surface area contributed by atoms with Crippen LogP contribution in [0.25, 0.3) is 34.2 Å². The van der Waals surface area contributed by atoms with Gasteiger partial charge in [0.25, 0.3) is 0 Å². The number of hydrogen-bond donors (Lipinski definition) is 0. The molecule has 4 nitrogen and oxygen atoms in total. The second kappa shape index (κ2) is 10.8. The smallest absolute Gasteiger partial charge is 0.164 e. The van der Waals surface area contributed by atoms with Crippen LogP contribution in [0.5, 0.6) is 0 Å². The van der Waals surface area contributed by atoms with Crippen molar-refractivity contribution < 1.29 is 4.74 Å². The SMILES string of the molecule is Cc1ccc(-c2nc(-c3ccc(C)cc3C)nc(-c3ccccc3C(C)C3CCC(C(C)C)O3)n2)c(C)c1. The fourth-order valence-electron chi connectivity index (χ4n) is 5.71. The Labute approximate surface area is 227 Å². The van der Waals surface area contributed by atoms with E-state index in [-0.39, 0.29) is 12.0 Å². The van der Waals surface area contributed by atoms with Gasteiger partial charge in [0.15, 0.2) is 17.5 Å². The van der Waals surface area contributed by atoms with Gasteiger partial charge in [0.1, 0.15) is 0 Å². The minimum Gasteiger partial charge on any atom is -0.374 e. The third-order valence-electron chi connectivity index (χ3n) is 7.96. The zero-order valence-corrected chi connectivity index (χ0v) is 23.7. The average Bonchev–Trinajstić information content (AvgIpc) is 3.39. The van der Waals surface area contributed by atoms with Gasteiger partial charge < -0.3 is 4.74 Å². The van der Waals surface area contributed by atoms with Gasteiger partial charge in [-0.1, -0.05) is 92.6 Å². The molecule has 0 bridgehead atoms. The second-order valence-electron chi connectivity index (χ2n) is 11.4. The van der Waals surface area contributed by atoms with Crippen molar-refractivity contribution in [3.63, 3.8) is 0 Å². The quantitative estimate of drug-likeness (QED) is 0.264. The van der Waals surface area contributed by atoms with E-state index in [9.17, 15) is 0 Å². The number of benzene rings is 3. The highest BCUT2D eigenvalue weighted by Gasteiger charge is 2.33. The Hall–Kier alpha value is -3.37. The Kier molecular flexibility index (Phi) is 7.45. The normalized spacial score (nSPS) is 18.2. The summed E-state index contributed by atoms with van der Waals surface area (Å²) in [5.41, 5.74) is 9.13. The van der Waals surface area contributed by atoms with Gasteiger partial charge in [-0.2, -0.15) is 0 Å². The highest BCUT2D eigenvalue weighted by atomic mass is 16.5. The first kappa shape index (κ1) is 26.2. The summed E-state index contributed by atoms with van der Waals surface area (Å²) in [5, 5.41) is 0. The molecule has 2 heterocycles. The Morgan fingerprint density at radius 2 is 1.13 bits per heavy atom. The first-order valence-corrected chi connectivity index (χ1v) is 13.9. The third kappa shape index (κ3) is 5.28. The van der Waals surface area contributed by atoms with Crippen LogP contribution in [-0.2, 0) is 4.74 Å². The van der Waals surface area contributed by atoms with E-state index in [1.54, 1.807) is 0 Å². The van der Waals surface area contributed by atoms with E-state index >= 15 is 0 Å². The standard InChI is InChI=1S/C34H39N3O/c1-20(2)30-16-17-31(38-30)25(7)28-10-8-9-11-29(28)34-36-32(26-14-12-21(3)18-23(26)5)35-33(37-34)27-15-13-22(4)19-24(27)6/h8-15,18-20,25,30-31H,16-17H2,1-7H3. The van der Waals surface area contributed by atoms with Crippen LogP contribution in [-0.4, -0.2) is 27.2 Å². The van der Waals surface area contributed by atoms with Crippen LogP contribution >= 0.6 is 0 Å². The van der Waals surface area contributed by atoms with Gasteiger partial charge >= 0.3 is 0 Å². The zero-order chi connectivity index (χ0) is 27.0. The minimum atomic E-state index is 0.197. The highest BCUT2D eigenvalue weighted by Crippen LogP contribution is 2.38. The van der Waals surface area contributed by atoms with Crippen molar-refractivity contribution in [2.45, 2.75) is 79.4 Å². The van der Waals surface area contributed by atoms with E-state index in [0.29, 0.717) is 29.5 Å². The van der Waals surface area contributed by atoms with E-state index in [1.165, 1.54) is 16.7 Å². The fourth-order valence-corrected chi connectivity index (χ4v) is 5.71. The van der Waals surface area contributed by atoms with Gasteiger partial charge in [0, 0.05) is 22.6 Å². The summed E-state index contributed by atoms with van der Waals surface area (Å²) in [4.78, 5) is 15.2. The van der Waals surface area contributed by atoms with Gasteiger partial charge in [-0.15, -0.1) is 0 Å². The van der Waals surface area contributed by atoms with E-state index in [0.717, 1.165) is 40.7 Å². The number of nitrogens with zero attached hydrogens (tertiary/aromatic N) is 3. The number of hydrogen-bond acceptors (Lipinski definition) is 4. The lowest BCUT2D eigenvalue weighted by molar-refractivity contribution is 0.00908. The summed E-state index contributed by atoms with van der Waals surface area (Å²) in [5.74, 6) is 2.90. The molecule has 0 radical (unpaired) electrons. The summed E-state index contributed by atoms with van der Waals surface area (Å²) in [7, 11) is 0. The van der Waals surface area contributed by atoms with Crippen LogP contribution in [0.15, 0.2) is 60.7 Å². The largest absolute Gasteiger partial charge is 0.374 e.